The van der Waals surface area contributed by atoms with Crippen molar-refractivity contribution >= 4 is 17.7 Å². The van der Waals surface area contributed by atoms with Gasteiger partial charge in [0.2, 0.25) is 0 Å². The molecule has 0 saturated carbocycles. The van der Waals surface area contributed by atoms with E-state index in [4.69, 9.17) is 4.74 Å². The smallest absolute Gasteiger partial charge is 0.260 e. The maximum absolute atomic E-state index is 12.6. The van der Waals surface area contributed by atoms with Crippen molar-refractivity contribution in [1.82, 2.24) is 9.80 Å². The molecule has 1 unspecified atom stereocenters. The lowest BCUT2D eigenvalue weighted by atomic mass is 9.87. The van der Waals surface area contributed by atoms with Gasteiger partial charge >= 0.3 is 0 Å². The molecular formula is C28H30N2O2S. The average Bonchev–Trinajstić information content (AvgIpc) is 2.88. The summed E-state index contributed by atoms with van der Waals surface area (Å²) >= 11 is 1.91. The molecule has 0 aliphatic carbocycles. The zero-order valence-corrected chi connectivity index (χ0v) is 19.7. The van der Waals surface area contributed by atoms with Gasteiger partial charge in [0.25, 0.3) is 5.91 Å². The van der Waals surface area contributed by atoms with Gasteiger partial charge in [-0.25, -0.2) is 0 Å². The standard InChI is InChI=1S/C28H30N2O2S/c31-27(29-15-17-33-18-16-29)21-32-25-12-11-23-13-14-30(20-22-7-3-1-4-8-22)28(26(23)19-25)24-9-5-2-6-10-24/h1-12,19,28H,13-18,20-21H2. The van der Waals surface area contributed by atoms with Crippen molar-refractivity contribution in [1.29, 1.82) is 0 Å². The highest BCUT2D eigenvalue weighted by Crippen LogP contribution is 2.38. The fraction of sp³-hybridized carbons (Fsp3) is 0.321. The van der Waals surface area contributed by atoms with E-state index in [-0.39, 0.29) is 18.6 Å². The van der Waals surface area contributed by atoms with Crippen molar-refractivity contribution in [2.75, 3.05) is 37.7 Å². The summed E-state index contributed by atoms with van der Waals surface area (Å²) in [6.45, 7) is 3.65. The number of ether oxygens (including phenoxy) is 1. The van der Waals surface area contributed by atoms with Gasteiger partial charge in [-0.15, -0.1) is 0 Å². The molecule has 5 rings (SSSR count). The molecule has 2 heterocycles. The van der Waals surface area contributed by atoms with Crippen LogP contribution in [-0.2, 0) is 17.8 Å². The lowest BCUT2D eigenvalue weighted by molar-refractivity contribution is -0.133. The first kappa shape index (κ1) is 22.1. The molecule has 2 aliphatic heterocycles. The molecule has 3 aromatic rings. The number of amides is 1. The average molecular weight is 459 g/mol. The summed E-state index contributed by atoms with van der Waals surface area (Å²) in [5, 5.41) is 0. The molecule has 170 valence electrons. The maximum Gasteiger partial charge on any atom is 0.260 e. The molecule has 1 saturated heterocycles. The largest absolute Gasteiger partial charge is 0.484 e. The van der Waals surface area contributed by atoms with Crippen molar-refractivity contribution in [3.63, 3.8) is 0 Å². The van der Waals surface area contributed by atoms with Crippen LogP contribution in [0.2, 0.25) is 0 Å². The third-order valence-electron chi connectivity index (χ3n) is 6.52. The van der Waals surface area contributed by atoms with Crippen LogP contribution >= 0.6 is 11.8 Å². The van der Waals surface area contributed by atoms with Crippen LogP contribution in [0.1, 0.15) is 28.3 Å². The zero-order valence-electron chi connectivity index (χ0n) is 18.9. The monoisotopic (exact) mass is 458 g/mol. The molecule has 4 nitrogen and oxygen atoms in total. The summed E-state index contributed by atoms with van der Waals surface area (Å²) in [6, 6.07) is 27.9. The van der Waals surface area contributed by atoms with E-state index in [1.165, 1.54) is 22.3 Å². The number of nitrogens with zero attached hydrogens (tertiary/aromatic N) is 2. The molecule has 0 radical (unpaired) electrons. The van der Waals surface area contributed by atoms with Crippen LogP contribution < -0.4 is 4.74 Å². The van der Waals surface area contributed by atoms with Gasteiger partial charge in [-0.1, -0.05) is 66.7 Å². The number of fused-ring (bicyclic) bond motifs is 1. The first-order valence-electron chi connectivity index (χ1n) is 11.7. The molecular weight excluding hydrogens is 428 g/mol. The second-order valence-corrected chi connectivity index (χ2v) is 9.89. The van der Waals surface area contributed by atoms with Gasteiger partial charge in [-0.2, -0.15) is 11.8 Å². The van der Waals surface area contributed by atoms with Crippen LogP contribution in [0.25, 0.3) is 0 Å². The van der Waals surface area contributed by atoms with Crippen LogP contribution in [0, 0.1) is 0 Å². The van der Waals surface area contributed by atoms with E-state index < -0.39 is 0 Å². The van der Waals surface area contributed by atoms with E-state index in [2.05, 4.69) is 77.7 Å². The quantitative estimate of drug-likeness (QED) is 0.532. The number of thioether (sulfide) groups is 1. The topological polar surface area (TPSA) is 32.8 Å². The SMILES string of the molecule is O=C(COc1ccc2c(c1)C(c1ccccc1)N(Cc1ccccc1)CC2)N1CCSCC1. The molecule has 0 N–H and O–H groups in total. The number of benzene rings is 3. The summed E-state index contributed by atoms with van der Waals surface area (Å²) in [4.78, 5) is 17.1. The number of carbonyl (C=O) groups excluding carboxylic acids is 1. The molecule has 1 fully saturated rings. The minimum Gasteiger partial charge on any atom is -0.484 e. The second-order valence-electron chi connectivity index (χ2n) is 8.66. The Hall–Kier alpha value is -2.76. The van der Waals surface area contributed by atoms with Crippen LogP contribution in [0.3, 0.4) is 0 Å². The highest BCUT2D eigenvalue weighted by Gasteiger charge is 2.29. The fourth-order valence-electron chi connectivity index (χ4n) is 4.80. The molecule has 33 heavy (non-hydrogen) atoms. The van der Waals surface area contributed by atoms with E-state index in [1.54, 1.807) is 0 Å². The Balaban J connectivity index is 1.39. The predicted molar refractivity (Wildman–Crippen MR) is 135 cm³/mol. The Morgan fingerprint density at radius 2 is 1.64 bits per heavy atom. The van der Waals surface area contributed by atoms with E-state index >= 15 is 0 Å². The Kier molecular flexibility index (Phi) is 6.98. The molecule has 1 amide bonds. The lowest BCUT2D eigenvalue weighted by Crippen LogP contribution is -2.40. The third kappa shape index (κ3) is 5.26. The second kappa shape index (κ2) is 10.4. The minimum atomic E-state index is 0.0818. The molecule has 3 aromatic carbocycles. The van der Waals surface area contributed by atoms with E-state index in [0.29, 0.717) is 0 Å². The van der Waals surface area contributed by atoms with Gasteiger partial charge < -0.3 is 9.64 Å². The van der Waals surface area contributed by atoms with Crippen molar-refractivity contribution < 1.29 is 9.53 Å². The first-order valence-corrected chi connectivity index (χ1v) is 12.9. The van der Waals surface area contributed by atoms with Gasteiger partial charge in [-0.3, -0.25) is 9.69 Å². The van der Waals surface area contributed by atoms with Crippen LogP contribution in [0.4, 0.5) is 0 Å². The Labute approximate surface area is 200 Å². The van der Waals surface area contributed by atoms with Gasteiger partial charge in [0, 0.05) is 37.7 Å². The highest BCUT2D eigenvalue weighted by atomic mass is 32.2. The van der Waals surface area contributed by atoms with Crippen molar-refractivity contribution in [2.24, 2.45) is 0 Å². The number of rotatable bonds is 6. The van der Waals surface area contributed by atoms with E-state index in [9.17, 15) is 4.79 Å². The minimum absolute atomic E-state index is 0.0818. The zero-order chi connectivity index (χ0) is 22.5. The summed E-state index contributed by atoms with van der Waals surface area (Å²) in [5.41, 5.74) is 5.25. The van der Waals surface area contributed by atoms with Crippen molar-refractivity contribution in [2.45, 2.75) is 19.0 Å². The summed E-state index contributed by atoms with van der Waals surface area (Å²) in [5.74, 6) is 2.88. The van der Waals surface area contributed by atoms with Crippen molar-refractivity contribution in [3.8, 4) is 5.75 Å². The third-order valence-corrected chi connectivity index (χ3v) is 7.46. The maximum atomic E-state index is 12.6. The number of hydrogen-bond acceptors (Lipinski definition) is 4. The summed E-state index contributed by atoms with van der Waals surface area (Å²) in [6.07, 6.45) is 1.01. The lowest BCUT2D eigenvalue weighted by Gasteiger charge is -2.38. The summed E-state index contributed by atoms with van der Waals surface area (Å²) < 4.78 is 6.01. The molecule has 5 heteroatoms. The molecule has 1 atom stereocenters. The van der Waals surface area contributed by atoms with Gasteiger partial charge in [0.05, 0.1) is 6.04 Å². The van der Waals surface area contributed by atoms with Gasteiger partial charge in [0.15, 0.2) is 6.61 Å². The van der Waals surface area contributed by atoms with E-state index in [1.807, 2.05) is 22.7 Å². The number of hydrogen-bond donors (Lipinski definition) is 0. The van der Waals surface area contributed by atoms with E-state index in [0.717, 1.165) is 49.9 Å². The number of carbonyl (C=O) groups is 1. The Morgan fingerprint density at radius 3 is 2.39 bits per heavy atom. The van der Waals surface area contributed by atoms with Gasteiger partial charge in [-0.05, 0) is 40.8 Å². The molecule has 2 aliphatic rings. The highest BCUT2D eigenvalue weighted by molar-refractivity contribution is 7.99. The molecule has 0 bridgehead atoms. The normalized spacial score (nSPS) is 18.5. The Morgan fingerprint density at radius 1 is 0.909 bits per heavy atom. The molecule has 0 spiro atoms. The van der Waals surface area contributed by atoms with Crippen LogP contribution in [0.5, 0.6) is 5.75 Å². The Bertz CT molecular complexity index is 1070. The first-order chi connectivity index (χ1) is 16.3. The molecule has 0 aromatic heterocycles. The predicted octanol–water partition coefficient (Wildman–Crippen LogP) is 4.79. The van der Waals surface area contributed by atoms with Gasteiger partial charge in [0.1, 0.15) is 5.75 Å². The van der Waals surface area contributed by atoms with Crippen LogP contribution in [-0.4, -0.2) is 53.5 Å². The van der Waals surface area contributed by atoms with Crippen LogP contribution in [0.15, 0.2) is 78.9 Å². The summed E-state index contributed by atoms with van der Waals surface area (Å²) in [7, 11) is 0. The fourth-order valence-corrected chi connectivity index (χ4v) is 5.70. The van der Waals surface area contributed by atoms with Crippen molar-refractivity contribution in [3.05, 3.63) is 101 Å².